The normalized spacial score (nSPS) is 11.6. The highest BCUT2D eigenvalue weighted by molar-refractivity contribution is 7.92. The number of hydrazone groups is 1. The van der Waals surface area contributed by atoms with Crippen molar-refractivity contribution in [1.29, 1.82) is 0 Å². The molecule has 9 heteroatoms. The van der Waals surface area contributed by atoms with Crippen LogP contribution in [-0.4, -0.2) is 40.8 Å². The van der Waals surface area contributed by atoms with Crippen molar-refractivity contribution in [3.05, 3.63) is 83.9 Å². The van der Waals surface area contributed by atoms with Crippen LogP contribution in [0.25, 0.3) is 0 Å². The molecule has 0 saturated carbocycles. The van der Waals surface area contributed by atoms with Gasteiger partial charge < -0.3 is 9.47 Å². The van der Waals surface area contributed by atoms with E-state index in [4.69, 9.17) is 9.47 Å². The first-order valence-corrected chi connectivity index (χ1v) is 12.5. The lowest BCUT2D eigenvalue weighted by molar-refractivity contribution is -0.119. The summed E-state index contributed by atoms with van der Waals surface area (Å²) in [4.78, 5) is 12.9. The number of amides is 1. The molecule has 0 aliphatic heterocycles. The second-order valence-corrected chi connectivity index (χ2v) is 9.51. The van der Waals surface area contributed by atoms with Gasteiger partial charge in [0.1, 0.15) is 6.54 Å². The zero-order chi connectivity index (χ0) is 25.4. The first-order valence-electron chi connectivity index (χ1n) is 11.0. The number of methoxy groups -OCH3 is 2. The number of hydrogen-bond donors (Lipinski definition) is 1. The Labute approximate surface area is 206 Å². The van der Waals surface area contributed by atoms with Gasteiger partial charge in [0.25, 0.3) is 15.9 Å². The van der Waals surface area contributed by atoms with Crippen molar-refractivity contribution in [3.8, 4) is 11.5 Å². The molecule has 0 atom stereocenters. The van der Waals surface area contributed by atoms with Gasteiger partial charge in [0.2, 0.25) is 0 Å². The van der Waals surface area contributed by atoms with Gasteiger partial charge in [0, 0.05) is 5.56 Å². The van der Waals surface area contributed by atoms with Crippen LogP contribution in [0.5, 0.6) is 11.5 Å². The summed E-state index contributed by atoms with van der Waals surface area (Å²) >= 11 is 0. The van der Waals surface area contributed by atoms with Crippen molar-refractivity contribution in [3.63, 3.8) is 0 Å². The average molecular weight is 496 g/mol. The van der Waals surface area contributed by atoms with Crippen LogP contribution in [0.3, 0.4) is 0 Å². The number of carbonyl (C=O) groups excluding carboxylic acids is 1. The molecule has 0 aliphatic carbocycles. The number of benzene rings is 3. The predicted molar refractivity (Wildman–Crippen MR) is 137 cm³/mol. The molecular formula is C26H29N3O5S. The minimum absolute atomic E-state index is 0.0948. The third kappa shape index (κ3) is 6.19. The fourth-order valence-corrected chi connectivity index (χ4v) is 4.81. The minimum Gasteiger partial charge on any atom is -0.493 e. The molecule has 3 rings (SSSR count). The summed E-state index contributed by atoms with van der Waals surface area (Å²) in [5, 5.41) is 4.15. The SMILES string of the molecule is CCc1ccc(N(CC(=O)N/N=C(/C)c2ccc(OC)c(OC)c2)S(=O)(=O)c2ccccc2)cc1. The first-order chi connectivity index (χ1) is 16.8. The van der Waals surface area contributed by atoms with Crippen molar-refractivity contribution >= 4 is 27.3 Å². The number of rotatable bonds is 10. The van der Waals surface area contributed by atoms with Gasteiger partial charge >= 0.3 is 0 Å². The summed E-state index contributed by atoms with van der Waals surface area (Å²) in [7, 11) is -0.905. The smallest absolute Gasteiger partial charge is 0.264 e. The van der Waals surface area contributed by atoms with Crippen LogP contribution in [0.1, 0.15) is 25.0 Å². The number of nitrogens with one attached hydrogen (secondary N) is 1. The zero-order valence-corrected chi connectivity index (χ0v) is 21.0. The van der Waals surface area contributed by atoms with Gasteiger partial charge in [0.05, 0.1) is 30.5 Å². The molecule has 35 heavy (non-hydrogen) atoms. The van der Waals surface area contributed by atoms with Crippen molar-refractivity contribution < 1.29 is 22.7 Å². The van der Waals surface area contributed by atoms with Crippen LogP contribution in [0.4, 0.5) is 5.69 Å². The molecule has 0 heterocycles. The highest BCUT2D eigenvalue weighted by Crippen LogP contribution is 2.28. The number of nitrogens with zero attached hydrogens (tertiary/aromatic N) is 2. The molecule has 0 aromatic heterocycles. The van der Waals surface area contributed by atoms with Crippen LogP contribution >= 0.6 is 0 Å². The van der Waals surface area contributed by atoms with E-state index in [1.54, 1.807) is 62.6 Å². The second kappa shape index (κ2) is 11.5. The number of ether oxygens (including phenoxy) is 2. The Balaban J connectivity index is 1.85. The maximum atomic E-state index is 13.4. The highest BCUT2D eigenvalue weighted by Gasteiger charge is 2.27. The van der Waals surface area contributed by atoms with Gasteiger partial charge in [-0.25, -0.2) is 13.8 Å². The summed E-state index contributed by atoms with van der Waals surface area (Å²) < 4.78 is 38.4. The molecule has 0 fully saturated rings. The topological polar surface area (TPSA) is 97.3 Å². The largest absolute Gasteiger partial charge is 0.493 e. The Morgan fingerprint density at radius 1 is 0.943 bits per heavy atom. The Morgan fingerprint density at radius 2 is 1.60 bits per heavy atom. The molecular weight excluding hydrogens is 466 g/mol. The molecule has 8 nitrogen and oxygen atoms in total. The van der Waals surface area contributed by atoms with Gasteiger partial charge in [-0.15, -0.1) is 0 Å². The molecule has 1 amide bonds. The van der Waals surface area contributed by atoms with Gasteiger partial charge in [-0.1, -0.05) is 37.3 Å². The lowest BCUT2D eigenvalue weighted by Crippen LogP contribution is -2.39. The molecule has 0 radical (unpaired) electrons. The fraction of sp³-hybridized carbons (Fsp3) is 0.231. The average Bonchev–Trinajstić information content (AvgIpc) is 2.90. The predicted octanol–water partition coefficient (Wildman–Crippen LogP) is 4.00. The van der Waals surface area contributed by atoms with Crippen molar-refractivity contribution in [2.75, 3.05) is 25.1 Å². The minimum atomic E-state index is -3.98. The van der Waals surface area contributed by atoms with Crippen molar-refractivity contribution in [2.45, 2.75) is 25.2 Å². The Morgan fingerprint density at radius 3 is 2.20 bits per heavy atom. The van der Waals surface area contributed by atoms with E-state index >= 15 is 0 Å². The van der Waals surface area contributed by atoms with Gasteiger partial charge in [-0.3, -0.25) is 9.10 Å². The van der Waals surface area contributed by atoms with Crippen molar-refractivity contribution in [1.82, 2.24) is 5.43 Å². The summed E-state index contributed by atoms with van der Waals surface area (Å²) in [5.41, 5.74) is 5.15. The summed E-state index contributed by atoms with van der Waals surface area (Å²) in [6, 6.07) is 20.4. The van der Waals surface area contributed by atoms with Crippen molar-refractivity contribution in [2.24, 2.45) is 5.10 Å². The lowest BCUT2D eigenvalue weighted by atomic mass is 10.1. The molecule has 3 aromatic rings. The first kappa shape index (κ1) is 25.8. The summed E-state index contributed by atoms with van der Waals surface area (Å²) in [6.45, 7) is 3.30. The second-order valence-electron chi connectivity index (χ2n) is 7.65. The molecule has 1 N–H and O–H groups in total. The quantitative estimate of drug-likeness (QED) is 0.339. The summed E-state index contributed by atoms with van der Waals surface area (Å²) in [6.07, 6.45) is 0.816. The third-order valence-corrected chi connectivity index (χ3v) is 7.19. The Kier molecular flexibility index (Phi) is 8.48. The monoisotopic (exact) mass is 495 g/mol. The molecule has 3 aromatic carbocycles. The van der Waals surface area contributed by atoms with E-state index in [9.17, 15) is 13.2 Å². The number of anilines is 1. The van der Waals surface area contributed by atoms with E-state index in [1.165, 1.54) is 19.2 Å². The van der Waals surface area contributed by atoms with Crippen LogP contribution in [0.15, 0.2) is 82.8 Å². The van der Waals surface area contributed by atoms with E-state index in [1.807, 2.05) is 19.1 Å². The zero-order valence-electron chi connectivity index (χ0n) is 20.2. The van der Waals surface area contributed by atoms with Crippen LogP contribution in [0, 0.1) is 0 Å². The number of hydrogen-bond acceptors (Lipinski definition) is 6. The van der Waals surface area contributed by atoms with Crippen LogP contribution in [-0.2, 0) is 21.2 Å². The number of aryl methyl sites for hydroxylation is 1. The van der Waals surface area contributed by atoms with Crippen LogP contribution < -0.4 is 19.2 Å². The maximum Gasteiger partial charge on any atom is 0.264 e. The van der Waals surface area contributed by atoms with Crippen LogP contribution in [0.2, 0.25) is 0 Å². The molecule has 0 saturated heterocycles. The standard InChI is InChI=1S/C26H29N3O5S/c1-5-20-11-14-22(15-12-20)29(35(31,32)23-9-7-6-8-10-23)18-26(30)28-27-19(2)21-13-16-24(33-3)25(17-21)34-4/h6-17H,5,18H2,1-4H3,(H,28,30)/b27-19-. The highest BCUT2D eigenvalue weighted by atomic mass is 32.2. The van der Waals surface area contributed by atoms with Gasteiger partial charge in [-0.05, 0) is 61.4 Å². The fourth-order valence-electron chi connectivity index (χ4n) is 3.37. The molecule has 0 bridgehead atoms. The van der Waals surface area contributed by atoms with Gasteiger partial charge in [0.15, 0.2) is 11.5 Å². The van der Waals surface area contributed by atoms with E-state index in [0.717, 1.165) is 16.3 Å². The van der Waals surface area contributed by atoms with E-state index in [2.05, 4.69) is 10.5 Å². The molecule has 0 aliphatic rings. The van der Waals surface area contributed by atoms with E-state index in [-0.39, 0.29) is 4.90 Å². The molecule has 0 unspecified atom stereocenters. The number of carbonyl (C=O) groups is 1. The Hall–Kier alpha value is -3.85. The molecule has 0 spiro atoms. The molecule has 184 valence electrons. The lowest BCUT2D eigenvalue weighted by Gasteiger charge is -2.24. The maximum absolute atomic E-state index is 13.4. The third-order valence-electron chi connectivity index (χ3n) is 5.40. The van der Waals surface area contributed by atoms with Gasteiger partial charge in [-0.2, -0.15) is 5.10 Å². The summed E-state index contributed by atoms with van der Waals surface area (Å²) in [5.74, 6) is 0.523. The number of sulfonamides is 1. The Bertz CT molecular complexity index is 1290. The van der Waals surface area contributed by atoms with E-state index in [0.29, 0.717) is 28.5 Å². The van der Waals surface area contributed by atoms with E-state index < -0.39 is 22.5 Å².